The highest BCUT2D eigenvalue weighted by atomic mass is 35.5. The van der Waals surface area contributed by atoms with E-state index in [1.807, 2.05) is 0 Å². The van der Waals surface area contributed by atoms with Crippen molar-refractivity contribution in [3.63, 3.8) is 0 Å². The third-order valence-electron chi connectivity index (χ3n) is 6.59. The van der Waals surface area contributed by atoms with E-state index in [1.54, 1.807) is 26.1 Å². The van der Waals surface area contributed by atoms with Crippen LogP contribution in [-0.4, -0.2) is 34.9 Å². The van der Waals surface area contributed by atoms with Crippen molar-refractivity contribution in [1.82, 2.24) is 14.8 Å². The van der Waals surface area contributed by atoms with E-state index >= 15 is 0 Å². The SMILES string of the molecule is CC(Oc1cc(-c2c(NC(=O)CCl)nn(C)c2C#N)cnc1N)c1cc(F)ccc1O[Si](C)(C)C(C)(C)C. The van der Waals surface area contributed by atoms with Gasteiger partial charge in [0.1, 0.15) is 35.3 Å². The fraction of sp³-hybridized carbons (Fsp3) is 0.385. The number of amides is 1. The van der Waals surface area contributed by atoms with Crippen molar-refractivity contribution in [1.29, 1.82) is 5.26 Å². The molecule has 0 radical (unpaired) electrons. The van der Waals surface area contributed by atoms with Crippen LogP contribution in [0.3, 0.4) is 0 Å². The van der Waals surface area contributed by atoms with Crippen molar-refractivity contribution in [3.05, 3.63) is 47.5 Å². The highest BCUT2D eigenvalue weighted by molar-refractivity contribution is 6.74. The summed E-state index contributed by atoms with van der Waals surface area (Å²) in [6.07, 6.45) is 0.791. The number of aryl methyl sites for hydroxylation is 1. The molecule has 3 rings (SSSR count). The maximum atomic E-state index is 14.3. The number of pyridine rings is 1. The van der Waals surface area contributed by atoms with Gasteiger partial charge < -0.3 is 20.2 Å². The molecule has 1 aromatic carbocycles. The number of carbonyl (C=O) groups is 1. The third kappa shape index (κ3) is 6.08. The number of nitrogens with one attached hydrogen (secondary N) is 1. The molecule has 2 heterocycles. The summed E-state index contributed by atoms with van der Waals surface area (Å²) < 4.78 is 28.3. The first kappa shape index (κ1) is 28.9. The molecule has 0 aliphatic rings. The van der Waals surface area contributed by atoms with Crippen LogP contribution in [0, 0.1) is 17.1 Å². The van der Waals surface area contributed by atoms with Crippen molar-refractivity contribution >= 4 is 37.5 Å². The summed E-state index contributed by atoms with van der Waals surface area (Å²) in [4.78, 5) is 16.2. The molecule has 0 spiro atoms. The second kappa shape index (κ2) is 11.0. The topological polar surface area (TPSA) is 128 Å². The van der Waals surface area contributed by atoms with Crippen LogP contribution in [-0.2, 0) is 11.8 Å². The molecule has 38 heavy (non-hydrogen) atoms. The van der Waals surface area contributed by atoms with E-state index in [9.17, 15) is 14.4 Å². The molecule has 0 aliphatic heterocycles. The summed E-state index contributed by atoms with van der Waals surface area (Å²) in [6.45, 7) is 12.3. The number of nitrogen functional groups attached to an aromatic ring is 1. The number of anilines is 2. The summed E-state index contributed by atoms with van der Waals surface area (Å²) in [5, 5.41) is 16.5. The van der Waals surface area contributed by atoms with Crippen molar-refractivity contribution in [2.24, 2.45) is 7.05 Å². The van der Waals surface area contributed by atoms with Gasteiger partial charge in [-0.25, -0.2) is 9.37 Å². The molecule has 2 aromatic heterocycles. The molecule has 1 amide bonds. The van der Waals surface area contributed by atoms with Crippen molar-refractivity contribution in [2.45, 2.75) is 51.9 Å². The number of carbonyl (C=O) groups excluding carboxylic acids is 1. The zero-order valence-corrected chi connectivity index (χ0v) is 24.3. The first-order valence-electron chi connectivity index (χ1n) is 11.9. The quantitative estimate of drug-likeness (QED) is 0.265. The van der Waals surface area contributed by atoms with Crippen LogP contribution in [0.25, 0.3) is 11.1 Å². The molecule has 0 fully saturated rings. The van der Waals surface area contributed by atoms with Gasteiger partial charge in [-0.2, -0.15) is 10.4 Å². The first-order chi connectivity index (χ1) is 17.7. The first-order valence-corrected chi connectivity index (χ1v) is 15.4. The zero-order valence-electron chi connectivity index (χ0n) is 22.5. The largest absolute Gasteiger partial charge is 0.543 e. The molecule has 1 atom stereocenters. The predicted octanol–water partition coefficient (Wildman–Crippen LogP) is 5.78. The Hall–Kier alpha value is -3.62. The number of nitriles is 1. The van der Waals surface area contributed by atoms with Gasteiger partial charge in [0, 0.05) is 24.4 Å². The minimum absolute atomic E-state index is 0.0653. The van der Waals surface area contributed by atoms with Crippen molar-refractivity contribution in [2.75, 3.05) is 16.9 Å². The molecule has 0 bridgehead atoms. The molecule has 12 heteroatoms. The number of hydrogen-bond acceptors (Lipinski definition) is 7. The average Bonchev–Trinajstić information content (AvgIpc) is 3.14. The summed E-state index contributed by atoms with van der Waals surface area (Å²) in [6, 6.07) is 8.04. The Morgan fingerprint density at radius 3 is 2.61 bits per heavy atom. The summed E-state index contributed by atoms with van der Waals surface area (Å²) in [7, 11) is -0.647. The molecule has 1 unspecified atom stereocenters. The van der Waals surface area contributed by atoms with Gasteiger partial charge >= 0.3 is 0 Å². The zero-order chi connectivity index (χ0) is 28.4. The summed E-state index contributed by atoms with van der Waals surface area (Å²) in [5.74, 6) is -0.196. The van der Waals surface area contributed by atoms with Crippen LogP contribution in [0.15, 0.2) is 30.5 Å². The number of nitrogens with two attached hydrogens (primary N) is 1. The molecule has 3 aromatic rings. The van der Waals surface area contributed by atoms with Crippen LogP contribution < -0.4 is 20.2 Å². The molecular formula is C26H32ClFN6O3Si. The van der Waals surface area contributed by atoms with E-state index in [0.29, 0.717) is 22.4 Å². The van der Waals surface area contributed by atoms with Crippen molar-refractivity contribution in [3.8, 4) is 28.7 Å². The second-order valence-corrected chi connectivity index (χ2v) is 15.4. The minimum atomic E-state index is -2.23. The second-order valence-electron chi connectivity index (χ2n) is 10.4. The van der Waals surface area contributed by atoms with E-state index < -0.39 is 26.1 Å². The fourth-order valence-corrected chi connectivity index (χ4v) is 4.59. The number of aromatic nitrogens is 3. The van der Waals surface area contributed by atoms with Gasteiger partial charge in [0.25, 0.3) is 0 Å². The lowest BCUT2D eigenvalue weighted by molar-refractivity contribution is -0.113. The molecule has 0 saturated carbocycles. The lowest BCUT2D eigenvalue weighted by Gasteiger charge is -2.37. The third-order valence-corrected chi connectivity index (χ3v) is 11.2. The van der Waals surface area contributed by atoms with Gasteiger partial charge in [-0.3, -0.25) is 9.48 Å². The smallest absolute Gasteiger partial charge is 0.250 e. The van der Waals surface area contributed by atoms with Crippen molar-refractivity contribution < 1.29 is 18.3 Å². The van der Waals surface area contributed by atoms with Gasteiger partial charge in [0.05, 0.1) is 5.56 Å². The minimum Gasteiger partial charge on any atom is -0.543 e. The van der Waals surface area contributed by atoms with E-state index in [4.69, 9.17) is 26.5 Å². The maximum absolute atomic E-state index is 14.3. The van der Waals surface area contributed by atoms with E-state index in [0.717, 1.165) is 0 Å². The molecular weight excluding hydrogens is 527 g/mol. The number of rotatable bonds is 8. The van der Waals surface area contributed by atoms with Gasteiger partial charge in [-0.1, -0.05) is 20.8 Å². The van der Waals surface area contributed by atoms with Crippen LogP contribution in [0.1, 0.15) is 45.1 Å². The Morgan fingerprint density at radius 2 is 2.00 bits per heavy atom. The monoisotopic (exact) mass is 558 g/mol. The molecule has 3 N–H and O–H groups in total. The highest BCUT2D eigenvalue weighted by Crippen LogP contribution is 2.41. The van der Waals surface area contributed by atoms with Crippen LogP contribution in [0.5, 0.6) is 11.5 Å². The number of alkyl halides is 1. The van der Waals surface area contributed by atoms with E-state index in [1.165, 1.54) is 23.0 Å². The lowest BCUT2D eigenvalue weighted by Crippen LogP contribution is -2.44. The van der Waals surface area contributed by atoms with Crippen LogP contribution in [0.4, 0.5) is 16.0 Å². The Balaban J connectivity index is 2.02. The fourth-order valence-electron chi connectivity index (χ4n) is 3.48. The lowest BCUT2D eigenvalue weighted by atomic mass is 10.1. The van der Waals surface area contributed by atoms with E-state index in [-0.39, 0.29) is 34.0 Å². The molecule has 202 valence electrons. The number of halogens is 2. The van der Waals surface area contributed by atoms with E-state index in [2.05, 4.69) is 55.3 Å². The van der Waals surface area contributed by atoms with Crippen LogP contribution in [0.2, 0.25) is 18.1 Å². The number of hydrogen-bond donors (Lipinski definition) is 2. The Morgan fingerprint density at radius 1 is 1.32 bits per heavy atom. The Bertz CT molecular complexity index is 1400. The Kier molecular flexibility index (Phi) is 8.38. The van der Waals surface area contributed by atoms with Gasteiger partial charge in [0.2, 0.25) is 14.2 Å². The van der Waals surface area contributed by atoms with Crippen LogP contribution >= 0.6 is 11.6 Å². The molecule has 9 nitrogen and oxygen atoms in total. The number of ether oxygens (including phenoxy) is 1. The molecule has 0 aliphatic carbocycles. The average molecular weight is 559 g/mol. The number of benzene rings is 1. The normalized spacial score (nSPS) is 12.5. The maximum Gasteiger partial charge on any atom is 0.250 e. The predicted molar refractivity (Wildman–Crippen MR) is 148 cm³/mol. The van der Waals surface area contributed by atoms with Gasteiger partial charge in [-0.05, 0) is 49.3 Å². The standard InChI is InChI=1S/C26H32ClFN6O3Si/c1-15(18-11-17(28)8-9-20(18)37-38(6,7)26(2,3)4)36-21-10-16(14-31-24(21)30)23-19(13-29)34(5)33-25(23)32-22(35)12-27/h8-11,14-15H,12H2,1-7H3,(H2,30,31)(H,32,33,35). The summed E-state index contributed by atoms with van der Waals surface area (Å²) >= 11 is 5.64. The Labute approximate surface area is 227 Å². The van der Waals surface area contributed by atoms with Gasteiger partial charge in [0.15, 0.2) is 17.4 Å². The molecule has 0 saturated heterocycles. The highest BCUT2D eigenvalue weighted by Gasteiger charge is 2.39. The number of nitrogens with zero attached hydrogens (tertiary/aromatic N) is 4. The van der Waals surface area contributed by atoms with Gasteiger partial charge in [-0.15, -0.1) is 11.6 Å². The summed E-state index contributed by atoms with van der Waals surface area (Å²) in [5.41, 5.74) is 7.62.